The third kappa shape index (κ3) is 12.8. The first kappa shape index (κ1) is 32.6. The molecule has 0 aliphatic carbocycles. The zero-order valence-electron chi connectivity index (χ0n) is 21.1. The lowest BCUT2D eigenvalue weighted by Crippen LogP contribution is -2.04. The van der Waals surface area contributed by atoms with Gasteiger partial charge in [-0.05, 0) is 72.9 Å². The maximum atomic E-state index is 12.9. The van der Waals surface area contributed by atoms with E-state index < -0.39 is 22.8 Å². The summed E-state index contributed by atoms with van der Waals surface area (Å²) < 4.78 is 46.5. The molecule has 0 bridgehead atoms. The van der Waals surface area contributed by atoms with E-state index in [1.54, 1.807) is 19.9 Å². The summed E-state index contributed by atoms with van der Waals surface area (Å²) in [4.78, 5) is 37.2. The molecule has 13 heteroatoms. The standard InChI is InChI=1S/C24H36BrO9P3/c1-3-33-37(32,34-4-2)10-7-21-14-23(17-24(15-21)18-25)16-22-12-19(5-8-35(26,27)28)11-20(13-22)6-9-36(29,30)31/h11-15,17H,3-10,16,18H2,1-2H3,(H2,26,27,28)(H2,29,30,31). The third-order valence-electron chi connectivity index (χ3n) is 5.50. The van der Waals surface area contributed by atoms with E-state index in [1.165, 1.54) is 0 Å². The van der Waals surface area contributed by atoms with E-state index in [0.29, 0.717) is 42.5 Å². The van der Waals surface area contributed by atoms with Crippen LogP contribution < -0.4 is 0 Å². The summed E-state index contributed by atoms with van der Waals surface area (Å²) >= 11 is 3.50. The molecule has 0 saturated carbocycles. The van der Waals surface area contributed by atoms with Gasteiger partial charge in [0.05, 0.1) is 31.7 Å². The minimum absolute atomic E-state index is 0.151. The van der Waals surface area contributed by atoms with Gasteiger partial charge in [-0.1, -0.05) is 52.3 Å². The van der Waals surface area contributed by atoms with Crippen molar-refractivity contribution in [2.75, 3.05) is 31.7 Å². The number of rotatable bonds is 16. The van der Waals surface area contributed by atoms with Crippen LogP contribution in [0.25, 0.3) is 0 Å². The molecule has 0 amide bonds. The van der Waals surface area contributed by atoms with Crippen molar-refractivity contribution < 1.29 is 42.3 Å². The summed E-state index contributed by atoms with van der Waals surface area (Å²) in [6, 6.07) is 11.6. The average Bonchev–Trinajstić information content (AvgIpc) is 2.79. The summed E-state index contributed by atoms with van der Waals surface area (Å²) in [7, 11) is -11.6. The normalized spacial score (nSPS) is 12.7. The highest BCUT2D eigenvalue weighted by molar-refractivity contribution is 9.08. The Labute approximate surface area is 227 Å². The molecule has 208 valence electrons. The van der Waals surface area contributed by atoms with Gasteiger partial charge in [0.2, 0.25) is 0 Å². The predicted molar refractivity (Wildman–Crippen MR) is 149 cm³/mol. The molecule has 0 aliphatic rings. The molecule has 0 aromatic heterocycles. The first-order valence-corrected chi connectivity index (χ1v) is 18.5. The number of hydrogen-bond acceptors (Lipinski definition) is 5. The maximum Gasteiger partial charge on any atom is 0.330 e. The van der Waals surface area contributed by atoms with Crippen LogP contribution in [0.1, 0.15) is 47.2 Å². The molecule has 2 rings (SSSR count). The Bertz CT molecular complexity index is 1120. The molecule has 0 aliphatic heterocycles. The average molecular weight is 641 g/mol. The minimum Gasteiger partial charge on any atom is -0.324 e. The second kappa shape index (κ2) is 14.7. The Morgan fingerprint density at radius 3 is 1.35 bits per heavy atom. The molecule has 0 fully saturated rings. The highest BCUT2D eigenvalue weighted by atomic mass is 79.9. The topological polar surface area (TPSA) is 151 Å². The van der Waals surface area contributed by atoms with E-state index in [-0.39, 0.29) is 31.3 Å². The Balaban J connectivity index is 2.32. The third-order valence-corrected chi connectivity index (χ3v) is 9.83. The SMILES string of the molecule is CCOP(=O)(CCc1cc(CBr)cc(Cc2cc(CCP(=O)(O)O)cc(CCP(=O)(O)O)c2)c1)OCC. The highest BCUT2D eigenvalue weighted by Crippen LogP contribution is 2.48. The molecule has 0 radical (unpaired) electrons. The van der Waals surface area contributed by atoms with Gasteiger partial charge in [-0.15, -0.1) is 0 Å². The van der Waals surface area contributed by atoms with Gasteiger partial charge in [0, 0.05) is 5.33 Å². The summed E-state index contributed by atoms with van der Waals surface area (Å²) in [6.45, 7) is 4.15. The van der Waals surface area contributed by atoms with Crippen LogP contribution in [0.15, 0.2) is 36.4 Å². The van der Waals surface area contributed by atoms with Crippen LogP contribution >= 0.6 is 38.7 Å². The van der Waals surface area contributed by atoms with Crippen LogP contribution in [0, 0.1) is 0 Å². The number of hydrogen-bond donors (Lipinski definition) is 4. The molecule has 0 saturated heterocycles. The minimum atomic E-state index is -4.19. The van der Waals surface area contributed by atoms with Crippen molar-refractivity contribution in [2.24, 2.45) is 0 Å². The molecule has 0 heterocycles. The fraction of sp³-hybridized carbons (Fsp3) is 0.500. The van der Waals surface area contributed by atoms with Crippen molar-refractivity contribution in [3.63, 3.8) is 0 Å². The summed E-state index contributed by atoms with van der Waals surface area (Å²) in [6.07, 6.45) is 0.949. The van der Waals surface area contributed by atoms with E-state index in [1.807, 2.05) is 30.3 Å². The van der Waals surface area contributed by atoms with Gasteiger partial charge >= 0.3 is 22.8 Å². The van der Waals surface area contributed by atoms with Crippen molar-refractivity contribution in [3.05, 3.63) is 69.8 Å². The van der Waals surface area contributed by atoms with Crippen LogP contribution in [0.5, 0.6) is 0 Å². The monoisotopic (exact) mass is 640 g/mol. The Morgan fingerprint density at radius 1 is 0.622 bits per heavy atom. The molecule has 2 aromatic carbocycles. The lowest BCUT2D eigenvalue weighted by atomic mass is 9.95. The van der Waals surface area contributed by atoms with E-state index in [4.69, 9.17) is 9.05 Å². The van der Waals surface area contributed by atoms with Crippen LogP contribution in [0.3, 0.4) is 0 Å². The second-order valence-corrected chi connectivity index (χ2v) is 15.1. The largest absolute Gasteiger partial charge is 0.330 e. The summed E-state index contributed by atoms with van der Waals surface area (Å²) in [5, 5.41) is 0.623. The molecule has 0 unspecified atom stereocenters. The summed E-state index contributed by atoms with van der Waals surface area (Å²) in [5.41, 5.74) is 5.28. The lowest BCUT2D eigenvalue weighted by molar-refractivity contribution is 0.220. The fourth-order valence-electron chi connectivity index (χ4n) is 4.00. The van der Waals surface area contributed by atoms with Crippen molar-refractivity contribution >= 4 is 38.7 Å². The van der Waals surface area contributed by atoms with Gasteiger partial charge in [-0.3, -0.25) is 13.7 Å². The Morgan fingerprint density at radius 2 is 0.973 bits per heavy atom. The molecule has 2 aromatic rings. The van der Waals surface area contributed by atoms with E-state index in [0.717, 1.165) is 22.3 Å². The van der Waals surface area contributed by atoms with Crippen molar-refractivity contribution in [1.29, 1.82) is 0 Å². The molecule has 4 N–H and O–H groups in total. The van der Waals surface area contributed by atoms with Crippen LogP contribution in [-0.2, 0) is 53.8 Å². The Hall–Kier alpha value is -0.630. The number of benzene rings is 2. The molecular weight excluding hydrogens is 605 g/mol. The zero-order valence-corrected chi connectivity index (χ0v) is 25.4. The molecule has 0 spiro atoms. The molecule has 0 atom stereocenters. The Kier molecular flexibility index (Phi) is 12.9. The lowest BCUT2D eigenvalue weighted by Gasteiger charge is -2.17. The molecule has 9 nitrogen and oxygen atoms in total. The predicted octanol–water partition coefficient (Wildman–Crippen LogP) is 5.42. The first-order chi connectivity index (χ1) is 17.2. The van der Waals surface area contributed by atoms with Gasteiger partial charge in [-0.25, -0.2) is 0 Å². The van der Waals surface area contributed by atoms with E-state index in [9.17, 15) is 33.3 Å². The molecule has 37 heavy (non-hydrogen) atoms. The van der Waals surface area contributed by atoms with Gasteiger partial charge in [0.25, 0.3) is 0 Å². The summed E-state index contributed by atoms with van der Waals surface area (Å²) in [5.74, 6) is 0. The van der Waals surface area contributed by atoms with Gasteiger partial charge in [0.1, 0.15) is 0 Å². The van der Waals surface area contributed by atoms with Gasteiger partial charge in [0.15, 0.2) is 0 Å². The highest BCUT2D eigenvalue weighted by Gasteiger charge is 2.23. The second-order valence-electron chi connectivity index (χ2n) is 8.82. The van der Waals surface area contributed by atoms with E-state index >= 15 is 0 Å². The van der Waals surface area contributed by atoms with E-state index in [2.05, 4.69) is 15.9 Å². The number of alkyl halides is 1. The first-order valence-electron chi connectivity index (χ1n) is 12.0. The zero-order chi connectivity index (χ0) is 27.7. The molecular formula is C24H36BrO9P3. The number of aryl methyl sites for hydroxylation is 3. The van der Waals surface area contributed by atoms with Gasteiger partial charge < -0.3 is 28.6 Å². The maximum absolute atomic E-state index is 12.9. The van der Waals surface area contributed by atoms with Crippen molar-refractivity contribution in [2.45, 2.75) is 44.9 Å². The van der Waals surface area contributed by atoms with Crippen LogP contribution in [0.2, 0.25) is 0 Å². The van der Waals surface area contributed by atoms with Crippen LogP contribution in [0.4, 0.5) is 0 Å². The fourth-order valence-corrected chi connectivity index (χ4v) is 7.08. The van der Waals surface area contributed by atoms with Crippen LogP contribution in [-0.4, -0.2) is 51.3 Å². The quantitative estimate of drug-likeness (QED) is 0.139. The number of halogens is 1. The van der Waals surface area contributed by atoms with Crippen molar-refractivity contribution in [3.8, 4) is 0 Å². The smallest absolute Gasteiger partial charge is 0.324 e. The van der Waals surface area contributed by atoms with Gasteiger partial charge in [-0.2, -0.15) is 0 Å². The van der Waals surface area contributed by atoms with Crippen molar-refractivity contribution in [1.82, 2.24) is 0 Å².